The van der Waals surface area contributed by atoms with Crippen LogP contribution in [0.1, 0.15) is 12.8 Å². The van der Waals surface area contributed by atoms with Gasteiger partial charge in [0, 0.05) is 45.3 Å². The highest BCUT2D eigenvalue weighted by atomic mass is 16.5. The van der Waals surface area contributed by atoms with Gasteiger partial charge in [-0.05, 0) is 12.8 Å². The summed E-state index contributed by atoms with van der Waals surface area (Å²) >= 11 is 0. The molecule has 0 aromatic rings. The first-order valence-corrected chi connectivity index (χ1v) is 6.09. The Bertz CT molecular complexity index is 241. The van der Waals surface area contributed by atoms with Crippen molar-refractivity contribution in [2.75, 3.05) is 46.4 Å². The third kappa shape index (κ3) is 2.65. The summed E-state index contributed by atoms with van der Waals surface area (Å²) in [5.41, 5.74) is 0. The third-order valence-corrected chi connectivity index (χ3v) is 3.50. The molecule has 1 unspecified atom stereocenters. The van der Waals surface area contributed by atoms with Crippen LogP contribution in [-0.2, 0) is 4.74 Å². The lowest BCUT2D eigenvalue weighted by Crippen LogP contribution is -2.54. The Morgan fingerprint density at radius 1 is 1.31 bits per heavy atom. The van der Waals surface area contributed by atoms with Crippen molar-refractivity contribution in [3.05, 3.63) is 0 Å². The Morgan fingerprint density at radius 3 is 2.75 bits per heavy atom. The molecule has 16 heavy (non-hydrogen) atoms. The molecule has 2 aliphatic rings. The van der Waals surface area contributed by atoms with Crippen LogP contribution >= 0.6 is 0 Å². The van der Waals surface area contributed by atoms with E-state index in [1.807, 2.05) is 4.90 Å². The highest BCUT2D eigenvalue weighted by Gasteiger charge is 2.28. The minimum atomic E-state index is -0.181. The Morgan fingerprint density at radius 2 is 2.06 bits per heavy atom. The maximum absolute atomic E-state index is 11.5. The largest absolute Gasteiger partial charge is 0.453 e. The van der Waals surface area contributed by atoms with E-state index in [0.717, 1.165) is 45.7 Å². The number of nitrogens with one attached hydrogen (secondary N) is 1. The highest BCUT2D eigenvalue weighted by molar-refractivity contribution is 5.67. The van der Waals surface area contributed by atoms with E-state index < -0.39 is 0 Å². The number of likely N-dealkylation sites (tertiary alicyclic amines) is 1. The highest BCUT2D eigenvalue weighted by Crippen LogP contribution is 2.16. The SMILES string of the molecule is COC(=O)N1CCCC(N2CCNCC2)C1. The van der Waals surface area contributed by atoms with Crippen LogP contribution < -0.4 is 5.32 Å². The van der Waals surface area contributed by atoms with Gasteiger partial charge in [-0.15, -0.1) is 0 Å². The molecule has 0 bridgehead atoms. The normalized spacial score (nSPS) is 27.8. The van der Waals surface area contributed by atoms with Gasteiger partial charge in [-0.2, -0.15) is 0 Å². The third-order valence-electron chi connectivity index (χ3n) is 3.50. The number of amides is 1. The Hall–Kier alpha value is -0.810. The number of piperidine rings is 1. The summed E-state index contributed by atoms with van der Waals surface area (Å²) in [6.07, 6.45) is 2.11. The molecule has 0 radical (unpaired) electrons. The summed E-state index contributed by atoms with van der Waals surface area (Å²) in [5, 5.41) is 3.35. The molecule has 0 saturated carbocycles. The van der Waals surface area contributed by atoms with Crippen LogP contribution in [0.2, 0.25) is 0 Å². The summed E-state index contributed by atoms with van der Waals surface area (Å²) in [7, 11) is 1.46. The molecule has 1 amide bonds. The van der Waals surface area contributed by atoms with Crippen LogP contribution in [0.4, 0.5) is 4.79 Å². The van der Waals surface area contributed by atoms with Gasteiger partial charge in [0.25, 0.3) is 0 Å². The minimum absolute atomic E-state index is 0.181. The number of piperazine rings is 1. The molecule has 5 nitrogen and oxygen atoms in total. The topological polar surface area (TPSA) is 44.8 Å². The van der Waals surface area contributed by atoms with Crippen molar-refractivity contribution < 1.29 is 9.53 Å². The fourth-order valence-corrected chi connectivity index (χ4v) is 2.59. The summed E-state index contributed by atoms with van der Waals surface area (Å²) < 4.78 is 4.78. The first-order chi connectivity index (χ1) is 7.81. The molecule has 2 saturated heterocycles. The predicted octanol–water partition coefficient (Wildman–Crippen LogP) is 0.122. The second-order valence-corrected chi connectivity index (χ2v) is 4.50. The molecule has 2 heterocycles. The lowest BCUT2D eigenvalue weighted by atomic mass is 10.0. The van der Waals surface area contributed by atoms with Crippen molar-refractivity contribution in [3.8, 4) is 0 Å². The van der Waals surface area contributed by atoms with E-state index in [-0.39, 0.29) is 6.09 Å². The van der Waals surface area contributed by atoms with Crippen molar-refractivity contribution >= 4 is 6.09 Å². The molecule has 5 heteroatoms. The second kappa shape index (κ2) is 5.50. The van der Waals surface area contributed by atoms with Gasteiger partial charge in [0.1, 0.15) is 0 Å². The van der Waals surface area contributed by atoms with Crippen LogP contribution in [-0.4, -0.2) is 68.3 Å². The van der Waals surface area contributed by atoms with Crippen molar-refractivity contribution in [1.82, 2.24) is 15.1 Å². The second-order valence-electron chi connectivity index (χ2n) is 4.50. The molecule has 0 spiro atoms. The van der Waals surface area contributed by atoms with Gasteiger partial charge in [0.05, 0.1) is 7.11 Å². The first-order valence-electron chi connectivity index (χ1n) is 6.09. The van der Waals surface area contributed by atoms with E-state index in [9.17, 15) is 4.79 Å². The maximum Gasteiger partial charge on any atom is 0.409 e. The van der Waals surface area contributed by atoms with Gasteiger partial charge in [-0.1, -0.05) is 0 Å². The number of hydrogen-bond donors (Lipinski definition) is 1. The summed E-state index contributed by atoms with van der Waals surface area (Å²) in [5.74, 6) is 0. The van der Waals surface area contributed by atoms with E-state index in [1.54, 1.807) is 0 Å². The molecule has 1 N–H and O–H groups in total. The molecule has 2 fully saturated rings. The van der Waals surface area contributed by atoms with Gasteiger partial charge in [0.15, 0.2) is 0 Å². The molecule has 2 rings (SSSR count). The van der Waals surface area contributed by atoms with E-state index >= 15 is 0 Å². The first kappa shape index (κ1) is 11.7. The van der Waals surface area contributed by atoms with E-state index in [0.29, 0.717) is 6.04 Å². The number of carbonyl (C=O) groups excluding carboxylic acids is 1. The monoisotopic (exact) mass is 227 g/mol. The van der Waals surface area contributed by atoms with Crippen LogP contribution in [0.3, 0.4) is 0 Å². The quantitative estimate of drug-likeness (QED) is 0.691. The van der Waals surface area contributed by atoms with Gasteiger partial charge in [-0.3, -0.25) is 4.90 Å². The number of ether oxygens (including phenoxy) is 1. The molecule has 0 aromatic carbocycles. The van der Waals surface area contributed by atoms with Crippen LogP contribution in [0, 0.1) is 0 Å². The summed E-state index contributed by atoms with van der Waals surface area (Å²) in [6, 6.07) is 0.523. The molecule has 1 atom stereocenters. The zero-order valence-electron chi connectivity index (χ0n) is 9.95. The molecule has 2 aliphatic heterocycles. The number of hydrogen-bond acceptors (Lipinski definition) is 4. The average Bonchev–Trinajstić information content (AvgIpc) is 2.39. The molecule has 0 aliphatic carbocycles. The zero-order valence-corrected chi connectivity index (χ0v) is 9.95. The number of rotatable bonds is 1. The fraction of sp³-hybridized carbons (Fsp3) is 0.909. The number of carbonyl (C=O) groups is 1. The van der Waals surface area contributed by atoms with E-state index in [1.165, 1.54) is 13.5 Å². The standard InChI is InChI=1S/C11H21N3O2/c1-16-11(15)14-6-2-3-10(9-14)13-7-4-12-5-8-13/h10,12H,2-9H2,1H3. The van der Waals surface area contributed by atoms with Crippen LogP contribution in [0.15, 0.2) is 0 Å². The van der Waals surface area contributed by atoms with Gasteiger partial charge in [-0.25, -0.2) is 4.79 Å². The van der Waals surface area contributed by atoms with Crippen LogP contribution in [0.5, 0.6) is 0 Å². The van der Waals surface area contributed by atoms with Crippen molar-refractivity contribution in [3.63, 3.8) is 0 Å². The molecular weight excluding hydrogens is 206 g/mol. The zero-order chi connectivity index (χ0) is 11.4. The fourth-order valence-electron chi connectivity index (χ4n) is 2.59. The lowest BCUT2D eigenvalue weighted by Gasteiger charge is -2.40. The Kier molecular flexibility index (Phi) is 4.01. The van der Waals surface area contributed by atoms with Gasteiger partial charge < -0.3 is 15.0 Å². The van der Waals surface area contributed by atoms with Gasteiger partial charge in [0.2, 0.25) is 0 Å². The minimum Gasteiger partial charge on any atom is -0.453 e. The average molecular weight is 227 g/mol. The Labute approximate surface area is 96.7 Å². The van der Waals surface area contributed by atoms with Crippen molar-refractivity contribution in [2.45, 2.75) is 18.9 Å². The molecular formula is C11H21N3O2. The van der Waals surface area contributed by atoms with E-state index in [2.05, 4.69) is 10.2 Å². The number of nitrogens with zero attached hydrogens (tertiary/aromatic N) is 2. The predicted molar refractivity (Wildman–Crippen MR) is 61.4 cm³/mol. The van der Waals surface area contributed by atoms with Crippen molar-refractivity contribution in [2.24, 2.45) is 0 Å². The maximum atomic E-state index is 11.5. The molecule has 0 aromatic heterocycles. The molecule has 92 valence electrons. The van der Waals surface area contributed by atoms with E-state index in [4.69, 9.17) is 4.74 Å². The van der Waals surface area contributed by atoms with Crippen molar-refractivity contribution in [1.29, 1.82) is 0 Å². The summed E-state index contributed by atoms with van der Waals surface area (Å²) in [6.45, 7) is 5.99. The smallest absolute Gasteiger partial charge is 0.409 e. The number of methoxy groups -OCH3 is 1. The van der Waals surface area contributed by atoms with Gasteiger partial charge >= 0.3 is 6.09 Å². The summed E-state index contributed by atoms with van der Waals surface area (Å²) in [4.78, 5) is 15.8. The lowest BCUT2D eigenvalue weighted by molar-refractivity contribution is 0.0707. The Balaban J connectivity index is 1.87. The van der Waals surface area contributed by atoms with Crippen LogP contribution in [0.25, 0.3) is 0 Å².